The van der Waals surface area contributed by atoms with Gasteiger partial charge < -0.3 is 4.90 Å². The van der Waals surface area contributed by atoms with E-state index in [9.17, 15) is 14.0 Å². The van der Waals surface area contributed by atoms with E-state index in [1.165, 1.54) is 28.2 Å². The molecule has 3 aromatic rings. The molecule has 1 aliphatic heterocycles. The lowest BCUT2D eigenvalue weighted by atomic mass is 9.99. The van der Waals surface area contributed by atoms with Gasteiger partial charge in [-0.2, -0.15) is 4.68 Å². The Bertz CT molecular complexity index is 1090. The monoisotopic (exact) mass is 428 g/mol. The second-order valence-corrected chi connectivity index (χ2v) is 8.78. The lowest BCUT2D eigenvalue weighted by Gasteiger charge is -2.30. The van der Waals surface area contributed by atoms with Gasteiger partial charge in [-0.25, -0.2) is 9.37 Å². The van der Waals surface area contributed by atoms with Crippen molar-refractivity contribution in [1.29, 1.82) is 0 Å². The molecule has 1 N–H and O–H groups in total. The van der Waals surface area contributed by atoms with Crippen molar-refractivity contribution >= 4 is 17.2 Å². The van der Waals surface area contributed by atoms with Crippen LogP contribution < -0.4 is 5.56 Å². The van der Waals surface area contributed by atoms with Gasteiger partial charge in [-0.3, -0.25) is 14.7 Å². The van der Waals surface area contributed by atoms with Gasteiger partial charge in [-0.05, 0) is 56.4 Å². The Morgan fingerprint density at radius 2 is 1.97 bits per heavy atom. The summed E-state index contributed by atoms with van der Waals surface area (Å²) >= 11 is 1.34. The van der Waals surface area contributed by atoms with E-state index in [0.29, 0.717) is 35.1 Å². The first kappa shape index (κ1) is 20.5. The van der Waals surface area contributed by atoms with Gasteiger partial charge in [0.25, 0.3) is 5.56 Å². The molecule has 3 heterocycles. The normalized spacial score (nSPS) is 15.0. The summed E-state index contributed by atoms with van der Waals surface area (Å²) < 4.78 is 14.6. The number of carbonyl (C=O) groups is 1. The van der Waals surface area contributed by atoms with Crippen molar-refractivity contribution < 1.29 is 9.18 Å². The Morgan fingerprint density at radius 1 is 1.27 bits per heavy atom. The number of rotatable bonds is 5. The molecule has 158 valence electrons. The van der Waals surface area contributed by atoms with Crippen molar-refractivity contribution in [3.63, 3.8) is 0 Å². The fraction of sp³-hybridized carbons (Fsp3) is 0.409. The molecular formula is C22H25FN4O2S. The van der Waals surface area contributed by atoms with Crippen LogP contribution in [-0.4, -0.2) is 38.7 Å². The Balaban J connectivity index is 1.48. The molecule has 0 aliphatic carbocycles. The molecule has 0 bridgehead atoms. The van der Waals surface area contributed by atoms with Crippen LogP contribution in [0.25, 0.3) is 16.4 Å². The average Bonchev–Trinajstić information content (AvgIpc) is 3.32. The van der Waals surface area contributed by atoms with Gasteiger partial charge in [-0.1, -0.05) is 6.92 Å². The molecule has 30 heavy (non-hydrogen) atoms. The highest BCUT2D eigenvalue weighted by molar-refractivity contribution is 7.12. The molecule has 1 amide bonds. The van der Waals surface area contributed by atoms with E-state index in [2.05, 4.69) is 17.0 Å². The van der Waals surface area contributed by atoms with Gasteiger partial charge in [0.15, 0.2) is 0 Å². The van der Waals surface area contributed by atoms with Crippen LogP contribution in [0.4, 0.5) is 4.39 Å². The topological polar surface area (TPSA) is 71.0 Å². The maximum Gasteiger partial charge on any atom is 0.276 e. The summed E-state index contributed by atoms with van der Waals surface area (Å²) in [6, 6.07) is 6.10. The summed E-state index contributed by atoms with van der Waals surface area (Å²) in [4.78, 5) is 31.9. The molecule has 0 radical (unpaired) electrons. The average molecular weight is 429 g/mol. The maximum atomic E-state index is 13.1. The van der Waals surface area contributed by atoms with E-state index in [0.717, 1.165) is 37.2 Å². The summed E-state index contributed by atoms with van der Waals surface area (Å²) in [7, 11) is 0. The van der Waals surface area contributed by atoms with Gasteiger partial charge in [0.2, 0.25) is 11.0 Å². The molecule has 1 saturated heterocycles. The molecule has 0 atom stereocenters. The maximum absolute atomic E-state index is 13.1. The number of hydrogen-bond acceptors (Lipinski definition) is 4. The van der Waals surface area contributed by atoms with Crippen LogP contribution in [0.1, 0.15) is 37.4 Å². The number of thiazole rings is 1. The zero-order valence-electron chi connectivity index (χ0n) is 17.2. The van der Waals surface area contributed by atoms with Gasteiger partial charge in [-0.15, -0.1) is 11.3 Å². The van der Waals surface area contributed by atoms with Gasteiger partial charge in [0.05, 0.1) is 5.69 Å². The highest BCUT2D eigenvalue weighted by Gasteiger charge is 2.22. The minimum atomic E-state index is -0.302. The van der Waals surface area contributed by atoms with Gasteiger partial charge >= 0.3 is 0 Å². The predicted octanol–water partition coefficient (Wildman–Crippen LogP) is 3.93. The summed E-state index contributed by atoms with van der Waals surface area (Å²) in [6.45, 7) is 5.67. The van der Waals surface area contributed by atoms with Crippen LogP contribution in [-0.2, 0) is 11.2 Å². The standard InChI is InChI=1S/C22H25FN4O2S/c1-14-9-11-26(12-10-14)20(28)8-7-18-15(2)25-27(21(18)29)22-24-19(13-30-22)16-3-5-17(23)6-4-16/h3-6,13-14,25H,7-12H2,1-2H3. The molecule has 1 fully saturated rings. The van der Waals surface area contributed by atoms with Gasteiger partial charge in [0, 0.05) is 41.7 Å². The van der Waals surface area contributed by atoms with E-state index < -0.39 is 0 Å². The first-order valence-electron chi connectivity index (χ1n) is 10.2. The van der Waals surface area contributed by atoms with E-state index in [1.54, 1.807) is 12.1 Å². The molecular weight excluding hydrogens is 403 g/mol. The molecule has 2 aromatic heterocycles. The second kappa shape index (κ2) is 8.55. The first-order valence-corrected chi connectivity index (χ1v) is 11.1. The smallest absolute Gasteiger partial charge is 0.276 e. The number of likely N-dealkylation sites (tertiary alicyclic amines) is 1. The summed E-state index contributed by atoms with van der Waals surface area (Å²) in [5.74, 6) is 0.483. The van der Waals surface area contributed by atoms with Crippen LogP contribution >= 0.6 is 11.3 Å². The zero-order chi connectivity index (χ0) is 21.3. The number of benzene rings is 1. The number of halogens is 1. The molecule has 1 aliphatic rings. The highest BCUT2D eigenvalue weighted by atomic mass is 32.1. The number of nitrogens with zero attached hydrogens (tertiary/aromatic N) is 3. The SMILES string of the molecule is Cc1[nH]n(-c2nc(-c3ccc(F)cc3)cs2)c(=O)c1CCC(=O)N1CCC(C)CC1. The molecule has 0 saturated carbocycles. The molecule has 4 rings (SSSR count). The quantitative estimate of drug-likeness (QED) is 0.669. The largest absolute Gasteiger partial charge is 0.343 e. The Kier molecular flexibility index (Phi) is 5.85. The lowest BCUT2D eigenvalue weighted by Crippen LogP contribution is -2.38. The molecule has 6 nitrogen and oxygen atoms in total. The number of carbonyl (C=O) groups excluding carboxylic acids is 1. The zero-order valence-corrected chi connectivity index (χ0v) is 18.0. The molecule has 8 heteroatoms. The van der Waals surface area contributed by atoms with Crippen molar-refractivity contribution in [2.24, 2.45) is 5.92 Å². The number of nitrogens with one attached hydrogen (secondary N) is 1. The van der Waals surface area contributed by atoms with Crippen molar-refractivity contribution in [3.8, 4) is 16.4 Å². The minimum absolute atomic E-state index is 0.112. The third-order valence-corrected chi connectivity index (χ3v) is 6.57. The Hall–Kier alpha value is -2.74. The second-order valence-electron chi connectivity index (χ2n) is 7.94. The third-order valence-electron chi connectivity index (χ3n) is 5.74. The number of H-pyrrole nitrogens is 1. The minimum Gasteiger partial charge on any atom is -0.343 e. The van der Waals surface area contributed by atoms with E-state index in [1.807, 2.05) is 17.2 Å². The van der Waals surface area contributed by atoms with Crippen molar-refractivity contribution in [3.05, 3.63) is 57.1 Å². The molecule has 0 unspecified atom stereocenters. The van der Waals surface area contributed by atoms with Gasteiger partial charge in [0.1, 0.15) is 5.82 Å². The summed E-state index contributed by atoms with van der Waals surface area (Å²) in [6.07, 6.45) is 2.83. The lowest BCUT2D eigenvalue weighted by molar-refractivity contribution is -0.132. The van der Waals surface area contributed by atoms with Crippen LogP contribution in [0, 0.1) is 18.7 Å². The highest BCUT2D eigenvalue weighted by Crippen LogP contribution is 2.24. The van der Waals surface area contributed by atoms with Crippen LogP contribution in [0.5, 0.6) is 0 Å². The van der Waals surface area contributed by atoms with Crippen LogP contribution in [0.2, 0.25) is 0 Å². The number of aromatic amines is 1. The number of aromatic nitrogens is 3. The van der Waals surface area contributed by atoms with Crippen LogP contribution in [0.15, 0.2) is 34.4 Å². The molecule has 0 spiro atoms. The summed E-state index contributed by atoms with van der Waals surface area (Å²) in [5, 5.41) is 5.44. The first-order chi connectivity index (χ1) is 14.4. The van der Waals surface area contributed by atoms with Crippen molar-refractivity contribution in [1.82, 2.24) is 19.7 Å². The van der Waals surface area contributed by atoms with E-state index in [4.69, 9.17) is 0 Å². The fourth-order valence-corrected chi connectivity index (χ4v) is 4.57. The fourth-order valence-electron chi connectivity index (χ4n) is 3.78. The summed E-state index contributed by atoms with van der Waals surface area (Å²) in [5.41, 5.74) is 2.67. The van der Waals surface area contributed by atoms with E-state index in [-0.39, 0.29) is 17.3 Å². The number of hydrogen-bond donors (Lipinski definition) is 1. The number of piperidine rings is 1. The Morgan fingerprint density at radius 3 is 2.67 bits per heavy atom. The number of amides is 1. The molecule has 1 aromatic carbocycles. The van der Waals surface area contributed by atoms with E-state index >= 15 is 0 Å². The van der Waals surface area contributed by atoms with Crippen LogP contribution in [0.3, 0.4) is 0 Å². The van der Waals surface area contributed by atoms with Crippen molar-refractivity contribution in [2.75, 3.05) is 13.1 Å². The third kappa shape index (κ3) is 4.23. The predicted molar refractivity (Wildman–Crippen MR) is 115 cm³/mol. The number of aryl methyl sites for hydroxylation is 1. The Labute approximate surface area is 178 Å². The van der Waals surface area contributed by atoms with Crippen molar-refractivity contribution in [2.45, 2.75) is 39.5 Å².